The molecule has 5 fully saturated rings. The molecule has 2 N–H and O–H groups in total. The zero-order valence-corrected chi connectivity index (χ0v) is 37.3. The lowest BCUT2D eigenvalue weighted by atomic mass is 9.54. The fourth-order valence-electron chi connectivity index (χ4n) is 11.5. The predicted molar refractivity (Wildman–Crippen MR) is 230 cm³/mol. The Morgan fingerprint density at radius 3 is 2.02 bits per heavy atom. The molecular weight excluding hydrogens is 745 g/mol. The molecule has 9 nitrogen and oxygen atoms in total. The van der Waals surface area contributed by atoms with Crippen LogP contribution in [-0.4, -0.2) is 75.3 Å². The van der Waals surface area contributed by atoms with Gasteiger partial charge in [-0.1, -0.05) is 167 Å². The van der Waals surface area contributed by atoms with Crippen LogP contribution >= 0.6 is 0 Å². The van der Waals surface area contributed by atoms with Crippen LogP contribution in [0.2, 0.25) is 0 Å². The van der Waals surface area contributed by atoms with E-state index in [1.54, 1.807) is 19.1 Å². The molecule has 3 aliphatic heterocycles. The topological polar surface area (TPSA) is 124 Å². The Morgan fingerprint density at radius 1 is 0.847 bits per heavy atom. The lowest BCUT2D eigenvalue weighted by molar-refractivity contribution is -0.406. The summed E-state index contributed by atoms with van der Waals surface area (Å²) < 4.78 is 33.3. The van der Waals surface area contributed by atoms with Gasteiger partial charge in [0.25, 0.3) is 0 Å². The zero-order chi connectivity index (χ0) is 42.3. The fourth-order valence-corrected chi connectivity index (χ4v) is 11.5. The Bertz CT molecular complexity index is 1550. The van der Waals surface area contributed by atoms with E-state index in [1.807, 2.05) is 19.1 Å². The zero-order valence-electron chi connectivity index (χ0n) is 37.3. The Hall–Kier alpha value is -2.14. The second-order valence-electron chi connectivity index (χ2n) is 19.2. The molecule has 0 aromatic heterocycles. The van der Waals surface area contributed by atoms with Crippen molar-refractivity contribution in [3.05, 3.63) is 48.1 Å². The minimum absolute atomic E-state index is 0.259. The van der Waals surface area contributed by atoms with E-state index in [9.17, 15) is 19.8 Å². The summed E-state index contributed by atoms with van der Waals surface area (Å²) in [4.78, 5) is 27.3. The molecule has 3 bridgehead atoms. The minimum atomic E-state index is -2.27. The molecule has 0 spiro atoms. The van der Waals surface area contributed by atoms with Crippen molar-refractivity contribution in [2.24, 2.45) is 17.8 Å². The van der Waals surface area contributed by atoms with Crippen molar-refractivity contribution >= 4 is 11.8 Å². The number of fused-ring (bicyclic) bond motifs is 3. The van der Waals surface area contributed by atoms with Gasteiger partial charge in [0.15, 0.2) is 17.0 Å². The van der Waals surface area contributed by atoms with Crippen LogP contribution in [0, 0.1) is 17.8 Å². The molecule has 0 radical (unpaired) electrons. The van der Waals surface area contributed by atoms with E-state index in [4.69, 9.17) is 23.7 Å². The van der Waals surface area contributed by atoms with E-state index < -0.39 is 64.3 Å². The highest BCUT2D eigenvalue weighted by atomic mass is 16.9. The van der Waals surface area contributed by atoms with Crippen LogP contribution in [0.4, 0.5) is 0 Å². The third kappa shape index (κ3) is 9.04. The van der Waals surface area contributed by atoms with Crippen LogP contribution in [0.15, 0.2) is 48.1 Å². The number of carbonyl (C=O) groups is 2. The van der Waals surface area contributed by atoms with E-state index in [2.05, 4.69) is 33.4 Å². The van der Waals surface area contributed by atoms with Gasteiger partial charge in [0.1, 0.15) is 30.5 Å². The van der Waals surface area contributed by atoms with E-state index in [0.717, 1.165) is 37.7 Å². The van der Waals surface area contributed by atoms with Crippen LogP contribution in [-0.2, 0) is 33.3 Å². The summed E-state index contributed by atoms with van der Waals surface area (Å²) in [5, 5.41) is 24.9. The van der Waals surface area contributed by atoms with Gasteiger partial charge in [-0.3, -0.25) is 9.59 Å². The second-order valence-corrected chi connectivity index (χ2v) is 19.2. The number of allylic oxidation sites excluding steroid dienone is 3. The summed E-state index contributed by atoms with van der Waals surface area (Å²) in [6, 6.07) is 0. The number of carbonyl (C=O) groups excluding carboxylic acids is 2. The summed E-state index contributed by atoms with van der Waals surface area (Å²) in [5.74, 6) is -4.34. The Kier molecular flexibility index (Phi) is 15.7. The standard InChI is InChI=1S/C50H78O9/c1-7-9-11-13-15-17-19-20-21-23-25-27-29-31-40(51)55-35-47-44(56-47)41-43-46(36(3)4)34-38(6)50(41,39-33-37(5)42(52)49(39,54)45(47)53)59-48(57-43,58-46)32-30-28-26-24-22-18-16-14-12-10-8-2/h26,28,30,32-33,38-39,41,43-45,53-54H,3,7-25,27,29,31,34-35H2,1-2,4-6H3/b28-26+,32-30+/t38-,39-,41-,43-,44+,45-,46-,47+,48-,49-,50+/m1/s1. The maximum Gasteiger partial charge on any atom is 0.306 e. The van der Waals surface area contributed by atoms with Crippen LogP contribution < -0.4 is 0 Å². The predicted octanol–water partition coefficient (Wildman–Crippen LogP) is 10.5. The van der Waals surface area contributed by atoms with Crippen LogP contribution in [0.5, 0.6) is 0 Å². The van der Waals surface area contributed by atoms with Gasteiger partial charge in [0.2, 0.25) is 0 Å². The molecule has 0 amide bonds. The van der Waals surface area contributed by atoms with Gasteiger partial charge >= 0.3 is 11.9 Å². The molecule has 0 unspecified atom stereocenters. The first-order valence-corrected chi connectivity index (χ1v) is 23.9. The Morgan fingerprint density at radius 2 is 1.42 bits per heavy atom. The number of hydrogen-bond acceptors (Lipinski definition) is 9. The van der Waals surface area contributed by atoms with Crippen LogP contribution in [0.3, 0.4) is 0 Å². The molecule has 2 saturated carbocycles. The molecule has 9 heteroatoms. The number of aliphatic hydroxyl groups excluding tert-OH is 1. The normalized spacial score (nSPS) is 37.7. The number of rotatable bonds is 27. The summed E-state index contributed by atoms with van der Waals surface area (Å²) in [5.41, 5.74) is -4.85. The molecule has 0 aromatic carbocycles. The Balaban J connectivity index is 1.11. The second kappa shape index (κ2) is 19.9. The highest BCUT2D eigenvalue weighted by molar-refractivity contribution is 6.05. The number of unbranched alkanes of at least 4 members (excludes halogenated alkanes) is 19. The number of ketones is 1. The van der Waals surface area contributed by atoms with Crippen molar-refractivity contribution in [2.75, 3.05) is 6.61 Å². The third-order valence-corrected chi connectivity index (χ3v) is 14.9. The van der Waals surface area contributed by atoms with Crippen molar-refractivity contribution in [3.63, 3.8) is 0 Å². The lowest BCUT2D eigenvalue weighted by Gasteiger charge is -2.59. The highest BCUT2D eigenvalue weighted by Gasteiger charge is 2.88. The van der Waals surface area contributed by atoms with E-state index >= 15 is 0 Å². The number of aliphatic hydroxyl groups is 2. The van der Waals surface area contributed by atoms with E-state index in [0.29, 0.717) is 12.0 Å². The summed E-state index contributed by atoms with van der Waals surface area (Å²) in [6.45, 7) is 14.3. The van der Waals surface area contributed by atoms with Crippen molar-refractivity contribution in [1.82, 2.24) is 0 Å². The van der Waals surface area contributed by atoms with Crippen molar-refractivity contribution in [1.29, 1.82) is 0 Å². The van der Waals surface area contributed by atoms with Crippen molar-refractivity contribution in [3.8, 4) is 0 Å². The number of Topliss-reactive ketones (excluding diaryl/α,β-unsaturated/α-hetero) is 1. The first-order chi connectivity index (χ1) is 28.4. The van der Waals surface area contributed by atoms with Gasteiger partial charge in [0.05, 0.1) is 5.60 Å². The van der Waals surface area contributed by atoms with Gasteiger partial charge in [-0.15, -0.1) is 0 Å². The Labute approximate surface area is 355 Å². The van der Waals surface area contributed by atoms with Gasteiger partial charge in [-0.2, -0.15) is 0 Å². The maximum atomic E-state index is 14.1. The average molecular weight is 823 g/mol. The highest BCUT2D eigenvalue weighted by Crippen LogP contribution is 2.72. The molecule has 59 heavy (non-hydrogen) atoms. The molecule has 0 aromatic rings. The third-order valence-electron chi connectivity index (χ3n) is 14.9. The molecule has 3 aliphatic carbocycles. The maximum absolute atomic E-state index is 14.1. The van der Waals surface area contributed by atoms with Gasteiger partial charge in [-0.25, -0.2) is 0 Å². The number of ether oxygens (including phenoxy) is 5. The van der Waals surface area contributed by atoms with Crippen LogP contribution in [0.1, 0.15) is 182 Å². The quantitative estimate of drug-likeness (QED) is 0.0274. The van der Waals surface area contributed by atoms with Gasteiger partial charge in [-0.05, 0) is 56.6 Å². The SMILES string of the molecule is C=C(C)[C@]12C[C@@H](C)[C@@]34O[C@](/C=C/C=C/CCCCCCCCC)(O[C@@H]1[C@@H]3[C@@H]1O[C@]1(COC(=O)CCCCCCCCCCCCCCC)[C@@H](O)[C@]1(O)C(=O)C(C)=C[C@H]14)O2. The molecular formula is C50H78O9. The molecule has 3 saturated heterocycles. The number of hydrogen-bond donors (Lipinski definition) is 2. The molecule has 11 atom stereocenters. The van der Waals surface area contributed by atoms with Crippen molar-refractivity contribution in [2.45, 2.75) is 229 Å². The fraction of sp³-hybridized carbons (Fsp3) is 0.800. The molecule has 6 aliphatic rings. The minimum Gasteiger partial charge on any atom is -0.462 e. The largest absolute Gasteiger partial charge is 0.462 e. The van der Waals surface area contributed by atoms with E-state index in [-0.39, 0.29) is 24.9 Å². The van der Waals surface area contributed by atoms with Crippen LogP contribution in [0.25, 0.3) is 0 Å². The summed E-state index contributed by atoms with van der Waals surface area (Å²) in [7, 11) is 0. The monoisotopic (exact) mass is 823 g/mol. The van der Waals surface area contributed by atoms with Gasteiger partial charge in [0, 0.05) is 24.3 Å². The van der Waals surface area contributed by atoms with E-state index in [1.165, 1.54) is 103 Å². The summed E-state index contributed by atoms with van der Waals surface area (Å²) in [6.07, 6.45) is 32.8. The molecule has 6 rings (SSSR count). The average Bonchev–Trinajstić information content (AvgIpc) is 3.84. The lowest BCUT2D eigenvalue weighted by Crippen LogP contribution is -2.72. The first kappa shape index (κ1) is 46.4. The summed E-state index contributed by atoms with van der Waals surface area (Å²) >= 11 is 0. The molecule has 332 valence electrons. The molecule has 3 heterocycles. The van der Waals surface area contributed by atoms with Gasteiger partial charge < -0.3 is 33.9 Å². The number of epoxide rings is 1. The smallest absolute Gasteiger partial charge is 0.306 e. The number of esters is 1. The van der Waals surface area contributed by atoms with Crippen molar-refractivity contribution < 1.29 is 43.5 Å². The first-order valence-electron chi connectivity index (χ1n) is 23.9.